The van der Waals surface area contributed by atoms with Crippen molar-refractivity contribution in [2.24, 2.45) is 7.05 Å². The molecule has 1 aromatic carbocycles. The summed E-state index contributed by atoms with van der Waals surface area (Å²) in [6.07, 6.45) is 0.881. The summed E-state index contributed by atoms with van der Waals surface area (Å²) in [4.78, 5) is 28.2. The monoisotopic (exact) mass is 358 g/mol. The van der Waals surface area contributed by atoms with Crippen LogP contribution < -0.4 is 21.5 Å². The van der Waals surface area contributed by atoms with Gasteiger partial charge in [-0.2, -0.15) is 0 Å². The number of H-pyrrole nitrogens is 1. The van der Waals surface area contributed by atoms with E-state index >= 15 is 0 Å². The summed E-state index contributed by atoms with van der Waals surface area (Å²) in [5.74, 6) is 1.000. The Hall–Kier alpha value is -2.87. The van der Waals surface area contributed by atoms with Gasteiger partial charge in [-0.25, -0.2) is 9.18 Å². The van der Waals surface area contributed by atoms with Crippen molar-refractivity contribution in [1.82, 2.24) is 14.9 Å². The molecule has 7 nitrogen and oxygen atoms in total. The molecule has 2 N–H and O–H groups in total. The first-order chi connectivity index (χ1) is 12.5. The van der Waals surface area contributed by atoms with E-state index < -0.39 is 5.69 Å². The number of rotatable bonds is 4. The maximum atomic E-state index is 13.3. The molecule has 3 heterocycles. The lowest BCUT2D eigenvalue weighted by atomic mass is 10.2. The lowest BCUT2D eigenvalue weighted by Gasteiger charge is -2.18. The predicted octanol–water partition coefficient (Wildman–Crippen LogP) is 1.33. The van der Waals surface area contributed by atoms with Gasteiger partial charge in [0.05, 0.1) is 6.54 Å². The van der Waals surface area contributed by atoms with E-state index in [2.05, 4.69) is 10.3 Å². The van der Waals surface area contributed by atoms with Gasteiger partial charge in [-0.1, -0.05) is 0 Å². The zero-order chi connectivity index (χ0) is 18.3. The molecular formula is C18H19FN4O3. The topological polar surface area (TPSA) is 83.3 Å². The van der Waals surface area contributed by atoms with Crippen LogP contribution in [0.15, 0.2) is 44.3 Å². The van der Waals surface area contributed by atoms with Gasteiger partial charge in [0.1, 0.15) is 23.0 Å². The molecule has 1 aliphatic heterocycles. The molecule has 0 aliphatic carbocycles. The summed E-state index contributed by atoms with van der Waals surface area (Å²) in [5.41, 5.74) is -0.0814. The summed E-state index contributed by atoms with van der Waals surface area (Å²) in [7, 11) is 1.44. The third-order valence-corrected chi connectivity index (χ3v) is 4.75. The van der Waals surface area contributed by atoms with Gasteiger partial charge in [-0.3, -0.25) is 14.3 Å². The third kappa shape index (κ3) is 3.15. The Balaban J connectivity index is 1.41. The summed E-state index contributed by atoms with van der Waals surface area (Å²) < 4.78 is 20.0. The van der Waals surface area contributed by atoms with E-state index in [-0.39, 0.29) is 17.4 Å². The molecule has 2 aromatic heterocycles. The average Bonchev–Trinajstić information content (AvgIpc) is 3.23. The number of hydrogen-bond acceptors (Lipinski definition) is 5. The standard InChI is InChI=1S/C18H19FN4O3/c1-22-17(24)8-16(21-18(22)25)23-5-4-13(10-23)20-9-14-7-11-6-12(19)2-3-15(11)26-14/h2-3,6-8,13,20H,4-5,9-10H2,1H3,(H,21,25)/t13-/m1/s1. The quantitative estimate of drug-likeness (QED) is 0.735. The van der Waals surface area contributed by atoms with Crippen LogP contribution in [0.1, 0.15) is 12.2 Å². The molecule has 0 unspecified atom stereocenters. The van der Waals surface area contributed by atoms with Crippen LogP contribution in [0.4, 0.5) is 10.2 Å². The summed E-state index contributed by atoms with van der Waals surface area (Å²) in [6.45, 7) is 1.95. The second-order valence-corrected chi connectivity index (χ2v) is 6.56. The average molecular weight is 358 g/mol. The maximum Gasteiger partial charge on any atom is 0.329 e. The second-order valence-electron chi connectivity index (χ2n) is 6.56. The summed E-state index contributed by atoms with van der Waals surface area (Å²) in [6, 6.07) is 7.92. The van der Waals surface area contributed by atoms with Crippen molar-refractivity contribution in [1.29, 1.82) is 0 Å². The van der Waals surface area contributed by atoms with Gasteiger partial charge in [-0.05, 0) is 30.7 Å². The first kappa shape index (κ1) is 16.6. The number of furan rings is 1. The molecule has 4 rings (SSSR count). The van der Waals surface area contributed by atoms with Crippen LogP contribution in [0.2, 0.25) is 0 Å². The number of nitrogens with zero attached hydrogens (tertiary/aromatic N) is 2. The number of benzene rings is 1. The molecule has 1 atom stereocenters. The van der Waals surface area contributed by atoms with Crippen LogP contribution in [-0.4, -0.2) is 28.7 Å². The number of nitrogens with one attached hydrogen (secondary N) is 2. The van der Waals surface area contributed by atoms with E-state index in [0.717, 1.165) is 28.7 Å². The highest BCUT2D eigenvalue weighted by atomic mass is 19.1. The van der Waals surface area contributed by atoms with Crippen LogP contribution in [0.25, 0.3) is 11.0 Å². The van der Waals surface area contributed by atoms with Crippen LogP contribution in [0.5, 0.6) is 0 Å². The molecule has 8 heteroatoms. The number of aromatic nitrogens is 2. The Labute approximate surface area is 148 Å². The minimum absolute atomic E-state index is 0.201. The highest BCUT2D eigenvalue weighted by Gasteiger charge is 2.23. The second kappa shape index (κ2) is 6.45. The normalized spacial score (nSPS) is 17.3. The predicted molar refractivity (Wildman–Crippen MR) is 95.9 cm³/mol. The fraction of sp³-hybridized carbons (Fsp3) is 0.333. The number of fused-ring (bicyclic) bond motifs is 1. The fourth-order valence-electron chi connectivity index (χ4n) is 3.26. The molecule has 0 amide bonds. The van der Waals surface area contributed by atoms with E-state index in [1.165, 1.54) is 25.2 Å². The van der Waals surface area contributed by atoms with Gasteiger partial charge in [0.15, 0.2) is 0 Å². The van der Waals surface area contributed by atoms with Crippen molar-refractivity contribution < 1.29 is 8.81 Å². The van der Waals surface area contributed by atoms with E-state index in [1.54, 1.807) is 6.07 Å². The van der Waals surface area contributed by atoms with Crippen LogP contribution >= 0.6 is 0 Å². The number of halogens is 1. The minimum atomic E-state index is -0.418. The molecule has 1 aliphatic rings. The van der Waals surface area contributed by atoms with Crippen molar-refractivity contribution in [2.75, 3.05) is 18.0 Å². The molecule has 1 fully saturated rings. The van der Waals surface area contributed by atoms with Gasteiger partial charge in [0.25, 0.3) is 5.56 Å². The first-order valence-electron chi connectivity index (χ1n) is 8.46. The zero-order valence-corrected chi connectivity index (χ0v) is 14.3. The molecule has 0 saturated carbocycles. The molecule has 0 spiro atoms. The summed E-state index contributed by atoms with van der Waals surface area (Å²) in [5, 5.41) is 4.15. The first-order valence-corrected chi connectivity index (χ1v) is 8.46. The SMILES string of the molecule is Cn1c(=O)cc(N2CC[C@@H](NCc3cc4cc(F)ccc4o3)C2)[nH]c1=O. The number of anilines is 1. The minimum Gasteiger partial charge on any atom is -0.460 e. The molecule has 0 bridgehead atoms. The van der Waals surface area contributed by atoms with Gasteiger partial charge in [-0.15, -0.1) is 0 Å². The molecule has 136 valence electrons. The molecule has 1 saturated heterocycles. The highest BCUT2D eigenvalue weighted by molar-refractivity contribution is 5.77. The Morgan fingerprint density at radius 1 is 1.31 bits per heavy atom. The zero-order valence-electron chi connectivity index (χ0n) is 14.3. The maximum absolute atomic E-state index is 13.3. The molecule has 0 radical (unpaired) electrons. The van der Waals surface area contributed by atoms with E-state index in [0.29, 0.717) is 24.5 Å². The largest absolute Gasteiger partial charge is 0.460 e. The van der Waals surface area contributed by atoms with Gasteiger partial charge in [0.2, 0.25) is 0 Å². The van der Waals surface area contributed by atoms with Gasteiger partial charge in [0, 0.05) is 37.6 Å². The van der Waals surface area contributed by atoms with Crippen LogP contribution in [0, 0.1) is 5.82 Å². The summed E-state index contributed by atoms with van der Waals surface area (Å²) >= 11 is 0. The Bertz CT molecular complexity index is 1040. The van der Waals surface area contributed by atoms with Crippen molar-refractivity contribution in [3.63, 3.8) is 0 Å². The molecule has 3 aromatic rings. The number of hydrogen-bond donors (Lipinski definition) is 2. The Kier molecular flexibility index (Phi) is 4.12. The smallest absolute Gasteiger partial charge is 0.329 e. The number of aromatic amines is 1. The third-order valence-electron chi connectivity index (χ3n) is 4.75. The molecular weight excluding hydrogens is 339 g/mol. The van der Waals surface area contributed by atoms with E-state index in [1.807, 2.05) is 11.0 Å². The fourth-order valence-corrected chi connectivity index (χ4v) is 3.26. The highest BCUT2D eigenvalue weighted by Crippen LogP contribution is 2.21. The lowest BCUT2D eigenvalue weighted by molar-refractivity contribution is 0.475. The van der Waals surface area contributed by atoms with Crippen molar-refractivity contribution in [3.8, 4) is 0 Å². The van der Waals surface area contributed by atoms with E-state index in [4.69, 9.17) is 4.42 Å². The van der Waals surface area contributed by atoms with Crippen LogP contribution in [0.3, 0.4) is 0 Å². The lowest BCUT2D eigenvalue weighted by Crippen LogP contribution is -2.36. The molecule has 26 heavy (non-hydrogen) atoms. The van der Waals surface area contributed by atoms with E-state index in [9.17, 15) is 14.0 Å². The van der Waals surface area contributed by atoms with Gasteiger partial charge < -0.3 is 14.6 Å². The van der Waals surface area contributed by atoms with Crippen molar-refractivity contribution >= 4 is 16.8 Å². The van der Waals surface area contributed by atoms with Gasteiger partial charge >= 0.3 is 5.69 Å². The van der Waals surface area contributed by atoms with Crippen LogP contribution in [-0.2, 0) is 13.6 Å². The Morgan fingerprint density at radius 2 is 2.15 bits per heavy atom. The van der Waals surface area contributed by atoms with Crippen molar-refractivity contribution in [3.05, 3.63) is 62.7 Å². The Morgan fingerprint density at radius 3 is 2.96 bits per heavy atom. The van der Waals surface area contributed by atoms with Crippen molar-refractivity contribution in [2.45, 2.75) is 19.0 Å².